The van der Waals surface area contributed by atoms with Gasteiger partial charge in [0.25, 0.3) is 0 Å². The fourth-order valence-corrected chi connectivity index (χ4v) is 3.44. The quantitative estimate of drug-likeness (QED) is 0.539. The molecule has 0 heterocycles. The van der Waals surface area contributed by atoms with E-state index in [1.807, 2.05) is 54.6 Å². The number of nitrogens with zero attached hydrogens (tertiary/aromatic N) is 1. The number of rotatable bonds is 10. The van der Waals surface area contributed by atoms with E-state index >= 15 is 0 Å². The molecule has 0 bridgehead atoms. The molecule has 2 rings (SSSR count). The number of unbranched alkanes of at least 4 members (excludes halogenated alkanes) is 1. The molecule has 28 heavy (non-hydrogen) atoms. The molecule has 2 aromatic rings. The molecule has 4 nitrogen and oxygen atoms in total. The van der Waals surface area contributed by atoms with Crippen molar-refractivity contribution >= 4 is 27.7 Å². The standard InChI is InChI=1S/C23H29BrN2O2/c1-3-4-15-25-23(28)18(2)26(17-20-11-8-12-21(24)16-20)22(27)14-13-19-9-6-5-7-10-19/h5-12,16,18H,3-4,13-15,17H2,1-2H3,(H,25,28)/t18-/m1/s1. The van der Waals surface area contributed by atoms with Crippen molar-refractivity contribution in [2.45, 2.75) is 52.1 Å². The molecule has 0 aromatic heterocycles. The van der Waals surface area contributed by atoms with E-state index in [9.17, 15) is 9.59 Å². The van der Waals surface area contributed by atoms with Gasteiger partial charge < -0.3 is 10.2 Å². The number of carbonyl (C=O) groups is 2. The van der Waals surface area contributed by atoms with Gasteiger partial charge in [-0.15, -0.1) is 0 Å². The van der Waals surface area contributed by atoms with Crippen LogP contribution in [-0.4, -0.2) is 29.3 Å². The topological polar surface area (TPSA) is 49.4 Å². The summed E-state index contributed by atoms with van der Waals surface area (Å²) in [6.07, 6.45) is 3.00. The molecule has 2 aromatic carbocycles. The van der Waals surface area contributed by atoms with Gasteiger partial charge in [0, 0.05) is 24.0 Å². The van der Waals surface area contributed by atoms with E-state index in [0.717, 1.165) is 28.4 Å². The van der Waals surface area contributed by atoms with Gasteiger partial charge in [0.1, 0.15) is 6.04 Å². The van der Waals surface area contributed by atoms with Crippen molar-refractivity contribution in [2.24, 2.45) is 0 Å². The summed E-state index contributed by atoms with van der Waals surface area (Å²) in [4.78, 5) is 27.3. The first kappa shape index (κ1) is 22.2. The highest BCUT2D eigenvalue weighted by atomic mass is 79.9. The zero-order valence-corrected chi connectivity index (χ0v) is 18.2. The van der Waals surface area contributed by atoms with Gasteiger partial charge >= 0.3 is 0 Å². The highest BCUT2D eigenvalue weighted by Crippen LogP contribution is 2.16. The van der Waals surface area contributed by atoms with Crippen LogP contribution in [0.3, 0.4) is 0 Å². The van der Waals surface area contributed by atoms with Crippen LogP contribution in [0.1, 0.15) is 44.2 Å². The normalized spacial score (nSPS) is 11.7. The van der Waals surface area contributed by atoms with E-state index in [4.69, 9.17) is 0 Å². The molecule has 0 unspecified atom stereocenters. The Hall–Kier alpha value is -2.14. The molecule has 0 spiro atoms. The molecule has 0 aliphatic rings. The Bertz CT molecular complexity index is 764. The van der Waals surface area contributed by atoms with E-state index in [0.29, 0.717) is 25.9 Å². The first-order chi connectivity index (χ1) is 13.5. The molecule has 0 aliphatic heterocycles. The fraction of sp³-hybridized carbons (Fsp3) is 0.391. The summed E-state index contributed by atoms with van der Waals surface area (Å²) in [5.41, 5.74) is 2.12. The van der Waals surface area contributed by atoms with Crippen molar-refractivity contribution in [1.82, 2.24) is 10.2 Å². The van der Waals surface area contributed by atoms with Gasteiger partial charge in [-0.05, 0) is 43.0 Å². The van der Waals surface area contributed by atoms with E-state index in [-0.39, 0.29) is 11.8 Å². The minimum atomic E-state index is -0.515. The molecule has 5 heteroatoms. The number of aryl methyl sites for hydroxylation is 1. The second-order valence-electron chi connectivity index (χ2n) is 6.96. The average molecular weight is 445 g/mol. The third-order valence-electron chi connectivity index (χ3n) is 4.71. The Balaban J connectivity index is 2.09. The number of carbonyl (C=O) groups excluding carboxylic acids is 2. The largest absolute Gasteiger partial charge is 0.354 e. The number of benzene rings is 2. The third-order valence-corrected chi connectivity index (χ3v) is 5.20. The van der Waals surface area contributed by atoms with Crippen LogP contribution in [0.25, 0.3) is 0 Å². The van der Waals surface area contributed by atoms with Crippen LogP contribution in [0.15, 0.2) is 59.1 Å². The zero-order chi connectivity index (χ0) is 20.4. The summed E-state index contributed by atoms with van der Waals surface area (Å²) in [5, 5.41) is 2.95. The molecule has 0 radical (unpaired) electrons. The second-order valence-corrected chi connectivity index (χ2v) is 7.87. The van der Waals surface area contributed by atoms with Crippen molar-refractivity contribution in [1.29, 1.82) is 0 Å². The first-order valence-corrected chi connectivity index (χ1v) is 10.7. The maximum Gasteiger partial charge on any atom is 0.242 e. The monoisotopic (exact) mass is 444 g/mol. The molecule has 1 atom stereocenters. The predicted molar refractivity (Wildman–Crippen MR) is 117 cm³/mol. The summed E-state index contributed by atoms with van der Waals surface area (Å²) >= 11 is 3.48. The Morgan fingerprint density at radius 2 is 1.79 bits per heavy atom. The lowest BCUT2D eigenvalue weighted by atomic mass is 10.1. The van der Waals surface area contributed by atoms with Gasteiger partial charge in [-0.25, -0.2) is 0 Å². The molecule has 0 saturated heterocycles. The van der Waals surface area contributed by atoms with Crippen LogP contribution in [0.4, 0.5) is 0 Å². The molecule has 0 saturated carbocycles. The van der Waals surface area contributed by atoms with Gasteiger partial charge in [0.2, 0.25) is 11.8 Å². The Labute approximate surface area is 176 Å². The fourth-order valence-electron chi connectivity index (χ4n) is 2.99. The number of nitrogens with one attached hydrogen (secondary N) is 1. The van der Waals surface area contributed by atoms with Crippen LogP contribution >= 0.6 is 15.9 Å². The Morgan fingerprint density at radius 3 is 2.46 bits per heavy atom. The van der Waals surface area contributed by atoms with Crippen LogP contribution < -0.4 is 5.32 Å². The number of halogens is 1. The summed E-state index contributed by atoms with van der Waals surface area (Å²) in [7, 11) is 0. The van der Waals surface area contributed by atoms with Gasteiger partial charge in [-0.1, -0.05) is 71.7 Å². The average Bonchev–Trinajstić information content (AvgIpc) is 2.70. The van der Waals surface area contributed by atoms with E-state index in [2.05, 4.69) is 28.2 Å². The van der Waals surface area contributed by atoms with Crippen molar-refractivity contribution in [3.05, 3.63) is 70.2 Å². The van der Waals surface area contributed by atoms with Crippen LogP contribution in [0, 0.1) is 0 Å². The molecule has 0 aliphatic carbocycles. The van der Waals surface area contributed by atoms with E-state index in [1.165, 1.54) is 0 Å². The van der Waals surface area contributed by atoms with E-state index in [1.54, 1.807) is 11.8 Å². The number of hydrogen-bond donors (Lipinski definition) is 1. The van der Waals surface area contributed by atoms with Gasteiger partial charge in [-0.2, -0.15) is 0 Å². The number of hydrogen-bond acceptors (Lipinski definition) is 2. The van der Waals surface area contributed by atoms with Crippen LogP contribution in [0.5, 0.6) is 0 Å². The minimum Gasteiger partial charge on any atom is -0.354 e. The zero-order valence-electron chi connectivity index (χ0n) is 16.7. The summed E-state index contributed by atoms with van der Waals surface area (Å²) in [6.45, 7) is 4.94. The van der Waals surface area contributed by atoms with Gasteiger partial charge in [0.05, 0.1) is 0 Å². The number of amides is 2. The molecular formula is C23H29BrN2O2. The van der Waals surface area contributed by atoms with Crippen molar-refractivity contribution in [3.63, 3.8) is 0 Å². The van der Waals surface area contributed by atoms with Crippen LogP contribution in [-0.2, 0) is 22.6 Å². The minimum absolute atomic E-state index is 0.0121. The molecule has 150 valence electrons. The summed E-state index contributed by atoms with van der Waals surface area (Å²) in [6, 6.07) is 17.3. The Kier molecular flexibility index (Phi) is 9.21. The van der Waals surface area contributed by atoms with Crippen molar-refractivity contribution in [2.75, 3.05) is 6.54 Å². The lowest BCUT2D eigenvalue weighted by Gasteiger charge is -2.29. The predicted octanol–water partition coefficient (Wildman–Crippen LogP) is 4.72. The second kappa shape index (κ2) is 11.6. The molecule has 0 fully saturated rings. The van der Waals surface area contributed by atoms with Gasteiger partial charge in [0.15, 0.2) is 0 Å². The molecular weight excluding hydrogens is 416 g/mol. The lowest BCUT2D eigenvalue weighted by molar-refractivity contribution is -0.140. The highest BCUT2D eigenvalue weighted by molar-refractivity contribution is 9.10. The smallest absolute Gasteiger partial charge is 0.242 e. The van der Waals surface area contributed by atoms with Crippen molar-refractivity contribution in [3.8, 4) is 0 Å². The van der Waals surface area contributed by atoms with Crippen LogP contribution in [0.2, 0.25) is 0 Å². The maximum atomic E-state index is 13.0. The highest BCUT2D eigenvalue weighted by Gasteiger charge is 2.25. The molecule has 1 N–H and O–H groups in total. The lowest BCUT2D eigenvalue weighted by Crippen LogP contribution is -2.47. The maximum absolute atomic E-state index is 13.0. The van der Waals surface area contributed by atoms with E-state index < -0.39 is 6.04 Å². The third kappa shape index (κ3) is 7.12. The first-order valence-electron chi connectivity index (χ1n) is 9.86. The Morgan fingerprint density at radius 1 is 1.07 bits per heavy atom. The summed E-state index contributed by atoms with van der Waals surface area (Å²) in [5.74, 6) is -0.113. The SMILES string of the molecule is CCCCNC(=O)[C@@H](C)N(Cc1cccc(Br)c1)C(=O)CCc1ccccc1. The van der Waals surface area contributed by atoms with Gasteiger partial charge in [-0.3, -0.25) is 9.59 Å². The van der Waals surface area contributed by atoms with Crippen molar-refractivity contribution < 1.29 is 9.59 Å². The summed E-state index contributed by atoms with van der Waals surface area (Å²) < 4.78 is 0.960. The molecule has 2 amide bonds.